The van der Waals surface area contributed by atoms with Crippen molar-refractivity contribution >= 4 is 17.3 Å². The van der Waals surface area contributed by atoms with Gasteiger partial charge in [0.05, 0.1) is 16.9 Å². The summed E-state index contributed by atoms with van der Waals surface area (Å²) in [5.74, 6) is 2.51. The Labute approximate surface area is 154 Å². The number of methoxy groups -OCH3 is 1. The molecule has 2 heterocycles. The van der Waals surface area contributed by atoms with E-state index in [2.05, 4.69) is 22.7 Å². The Bertz CT molecular complexity index is 824. The fourth-order valence-electron chi connectivity index (χ4n) is 3.59. The minimum atomic E-state index is -0.156. The molecule has 1 fully saturated rings. The molecule has 1 aromatic heterocycles. The number of rotatable bonds is 4. The van der Waals surface area contributed by atoms with Crippen LogP contribution in [0.4, 0.5) is 0 Å². The Morgan fingerprint density at radius 2 is 2.12 bits per heavy atom. The Balaban J connectivity index is 2.06. The van der Waals surface area contributed by atoms with Crippen LogP contribution in [0.25, 0.3) is 5.70 Å². The van der Waals surface area contributed by atoms with Crippen LogP contribution in [0.3, 0.4) is 0 Å². The highest BCUT2D eigenvalue weighted by Gasteiger charge is 2.35. The van der Waals surface area contributed by atoms with Crippen LogP contribution in [-0.4, -0.2) is 47.3 Å². The molecule has 5 heteroatoms. The molecule has 1 saturated heterocycles. The zero-order valence-electron chi connectivity index (χ0n) is 15.6. The van der Waals surface area contributed by atoms with E-state index in [1.54, 1.807) is 19.4 Å². The number of likely N-dealkylation sites (tertiary alicyclic amines) is 1. The summed E-state index contributed by atoms with van der Waals surface area (Å²) >= 11 is 0. The summed E-state index contributed by atoms with van der Waals surface area (Å²) in [6.45, 7) is 5.41. The van der Waals surface area contributed by atoms with Gasteiger partial charge in [0, 0.05) is 44.8 Å². The monoisotopic (exact) mass is 352 g/mol. The van der Waals surface area contributed by atoms with Crippen molar-refractivity contribution in [1.29, 1.82) is 0 Å². The number of allylic oxidation sites excluding steroid dienone is 1. The summed E-state index contributed by atoms with van der Waals surface area (Å²) in [6.07, 6.45) is 9.65. The van der Waals surface area contributed by atoms with Gasteiger partial charge >= 0.3 is 0 Å². The average molecular weight is 352 g/mol. The third-order valence-electron chi connectivity index (χ3n) is 5.49. The van der Waals surface area contributed by atoms with E-state index in [0.29, 0.717) is 17.7 Å². The lowest BCUT2D eigenvalue weighted by Crippen LogP contribution is -2.43. The largest absolute Gasteiger partial charge is 0.378 e. The number of carbonyl (C=O) groups is 2. The number of aromatic nitrogens is 1. The lowest BCUT2D eigenvalue weighted by atomic mass is 9.86. The lowest BCUT2D eigenvalue weighted by Gasteiger charge is -2.41. The molecule has 2 aliphatic rings. The van der Waals surface area contributed by atoms with Crippen LogP contribution in [0.1, 0.15) is 54.7 Å². The molecule has 0 atom stereocenters. The highest BCUT2D eigenvalue weighted by molar-refractivity contribution is 6.10. The molecule has 136 valence electrons. The third kappa shape index (κ3) is 3.17. The average Bonchev–Trinajstić information content (AvgIpc) is 2.66. The van der Waals surface area contributed by atoms with Gasteiger partial charge in [0.25, 0.3) is 0 Å². The van der Waals surface area contributed by atoms with Crippen LogP contribution >= 0.6 is 0 Å². The number of terminal acetylenes is 1. The molecule has 1 aromatic rings. The first-order chi connectivity index (χ1) is 12.4. The smallest absolute Gasteiger partial charge is 0.180 e. The van der Waals surface area contributed by atoms with E-state index in [-0.39, 0.29) is 23.6 Å². The van der Waals surface area contributed by atoms with E-state index >= 15 is 0 Å². The molecule has 1 aliphatic carbocycles. The zero-order chi connectivity index (χ0) is 18.9. The number of fused-ring (bicyclic) bond motifs is 1. The molecular formula is C21H24N2O3. The molecule has 0 unspecified atom stereocenters. The van der Waals surface area contributed by atoms with Gasteiger partial charge in [-0.25, -0.2) is 0 Å². The molecule has 0 bridgehead atoms. The molecule has 3 rings (SSSR count). The first-order valence-corrected chi connectivity index (χ1v) is 8.99. The van der Waals surface area contributed by atoms with E-state index in [9.17, 15) is 9.59 Å². The quantitative estimate of drug-likeness (QED) is 0.616. The van der Waals surface area contributed by atoms with Gasteiger partial charge in [-0.05, 0) is 31.4 Å². The van der Waals surface area contributed by atoms with Crippen molar-refractivity contribution in [2.24, 2.45) is 0 Å². The third-order valence-corrected chi connectivity index (χ3v) is 5.49. The second-order valence-corrected chi connectivity index (χ2v) is 7.11. The van der Waals surface area contributed by atoms with E-state index < -0.39 is 0 Å². The number of piperidine rings is 1. The minimum absolute atomic E-state index is 0.0168. The van der Waals surface area contributed by atoms with Gasteiger partial charge in [-0.15, -0.1) is 6.42 Å². The van der Waals surface area contributed by atoms with E-state index in [1.165, 1.54) is 0 Å². The van der Waals surface area contributed by atoms with Crippen LogP contribution in [-0.2, 0) is 16.0 Å². The maximum absolute atomic E-state index is 12.6. The normalized spacial score (nSPS) is 19.2. The highest BCUT2D eigenvalue weighted by Crippen LogP contribution is 2.36. The molecule has 0 amide bonds. The standard InChI is InChI=1S/C21H24N2O3/c1-5-15-19(25)11-14-13-22-17(18(24)6-2)12-16(14)20(15)23-9-7-21(3,26-4)8-10-23/h1,12-13H,6-11H2,2-4H3. The molecule has 0 N–H and O–H groups in total. The fraction of sp³-hybridized carbons (Fsp3) is 0.476. The summed E-state index contributed by atoms with van der Waals surface area (Å²) in [5, 5.41) is 0. The Morgan fingerprint density at radius 1 is 1.42 bits per heavy atom. The van der Waals surface area contributed by atoms with Gasteiger partial charge in [-0.1, -0.05) is 12.8 Å². The maximum Gasteiger partial charge on any atom is 0.180 e. The zero-order valence-corrected chi connectivity index (χ0v) is 15.6. The summed E-state index contributed by atoms with van der Waals surface area (Å²) in [5.41, 5.74) is 3.13. The first-order valence-electron chi connectivity index (χ1n) is 8.99. The Hall–Kier alpha value is -2.45. The second-order valence-electron chi connectivity index (χ2n) is 7.11. The second kappa shape index (κ2) is 7.05. The number of hydrogen-bond donors (Lipinski definition) is 0. The van der Waals surface area contributed by atoms with Crippen molar-refractivity contribution < 1.29 is 14.3 Å². The van der Waals surface area contributed by atoms with Crippen molar-refractivity contribution in [3.8, 4) is 12.3 Å². The van der Waals surface area contributed by atoms with Crippen molar-refractivity contribution in [3.05, 3.63) is 34.7 Å². The SMILES string of the molecule is C#CC1=C(N2CCC(C)(OC)CC2)c2cc(C(=O)CC)ncc2CC1=O. The van der Waals surface area contributed by atoms with E-state index in [4.69, 9.17) is 11.2 Å². The van der Waals surface area contributed by atoms with Gasteiger partial charge in [-0.3, -0.25) is 14.6 Å². The lowest BCUT2D eigenvalue weighted by molar-refractivity contribution is -0.114. The number of ether oxygens (including phenoxy) is 1. The maximum atomic E-state index is 12.6. The molecule has 5 nitrogen and oxygen atoms in total. The fourth-order valence-corrected chi connectivity index (χ4v) is 3.59. The molecule has 0 saturated carbocycles. The van der Waals surface area contributed by atoms with Gasteiger partial charge in [0.15, 0.2) is 11.6 Å². The van der Waals surface area contributed by atoms with E-state index in [1.807, 2.05) is 6.92 Å². The summed E-state index contributed by atoms with van der Waals surface area (Å²) in [7, 11) is 1.73. The number of pyridine rings is 1. The van der Waals surface area contributed by atoms with Crippen LogP contribution < -0.4 is 0 Å². The Kier molecular flexibility index (Phi) is 4.97. The topological polar surface area (TPSA) is 59.5 Å². The predicted molar refractivity (Wildman–Crippen MR) is 99.5 cm³/mol. The van der Waals surface area contributed by atoms with Gasteiger partial charge in [-0.2, -0.15) is 0 Å². The number of ketones is 2. The molecule has 0 aromatic carbocycles. The van der Waals surface area contributed by atoms with Gasteiger partial charge < -0.3 is 9.64 Å². The summed E-state index contributed by atoms with van der Waals surface area (Å²) in [6, 6.07) is 1.80. The Morgan fingerprint density at radius 3 is 2.69 bits per heavy atom. The van der Waals surface area contributed by atoms with Crippen molar-refractivity contribution in [3.63, 3.8) is 0 Å². The summed E-state index contributed by atoms with van der Waals surface area (Å²) < 4.78 is 5.62. The van der Waals surface area contributed by atoms with Crippen molar-refractivity contribution in [2.75, 3.05) is 20.2 Å². The van der Waals surface area contributed by atoms with E-state index in [0.717, 1.165) is 42.8 Å². The molecule has 0 radical (unpaired) electrons. The number of Topliss-reactive ketones (excluding diaryl/α,β-unsaturated/α-hetero) is 2. The van der Waals surface area contributed by atoms with Crippen LogP contribution in [0.5, 0.6) is 0 Å². The number of nitrogens with zero attached hydrogens (tertiary/aromatic N) is 2. The van der Waals surface area contributed by atoms with Crippen LogP contribution in [0.15, 0.2) is 17.8 Å². The minimum Gasteiger partial charge on any atom is -0.378 e. The van der Waals surface area contributed by atoms with Crippen molar-refractivity contribution in [1.82, 2.24) is 9.88 Å². The van der Waals surface area contributed by atoms with Crippen molar-refractivity contribution in [2.45, 2.75) is 45.1 Å². The predicted octanol–water partition coefficient (Wildman–Crippen LogP) is 2.64. The van der Waals surface area contributed by atoms with Crippen LogP contribution in [0.2, 0.25) is 0 Å². The molecule has 0 spiro atoms. The molecular weight excluding hydrogens is 328 g/mol. The first kappa shape index (κ1) is 18.3. The van der Waals surface area contributed by atoms with Gasteiger partial charge in [0.2, 0.25) is 0 Å². The number of hydrogen-bond acceptors (Lipinski definition) is 5. The molecule has 26 heavy (non-hydrogen) atoms. The number of carbonyl (C=O) groups excluding carboxylic acids is 2. The van der Waals surface area contributed by atoms with Gasteiger partial charge in [0.1, 0.15) is 5.69 Å². The molecule has 1 aliphatic heterocycles. The highest BCUT2D eigenvalue weighted by atomic mass is 16.5. The van der Waals surface area contributed by atoms with Crippen LogP contribution in [0, 0.1) is 12.3 Å². The summed E-state index contributed by atoms with van der Waals surface area (Å²) in [4.78, 5) is 31.1.